The standard InChI is InChI=1S/C49H72F3N3O11/c1-11-38-47(8,60)41(57)32(6)53-26-28(2)25-46(7)42(64-45-39(56)37(54(9)10)23-29(3)62-45)30(4)40(31(5)43(58)63-38)65-48(66-46)19-21-55(22-20-48)34-17-18-35(36(24-34)49(50,51)52)44(59)61-27-33-15-13-12-14-16-33/h12-18,24,28-32,37-42,45,53,56-57,60H,11,19-23,25-27H2,1-10H3/t28-,29-,30+,31-,32-,37?,38-,39-,40+,41-,42-,45+,46-,47-/m1/s1. The summed E-state index contributed by atoms with van der Waals surface area (Å²) in [7, 11) is 3.77. The Hall–Kier alpha value is -3.39. The summed E-state index contributed by atoms with van der Waals surface area (Å²) in [5.41, 5.74) is -3.84. The molecule has 2 aromatic carbocycles. The Bertz CT molecular complexity index is 1950. The van der Waals surface area contributed by atoms with E-state index in [1.165, 1.54) is 13.0 Å². The number of piperidine rings is 1. The number of anilines is 1. The van der Waals surface area contributed by atoms with Crippen molar-refractivity contribution in [2.75, 3.05) is 38.6 Å². The molecule has 2 bridgehead atoms. The van der Waals surface area contributed by atoms with Gasteiger partial charge in [-0.2, -0.15) is 13.2 Å². The summed E-state index contributed by atoms with van der Waals surface area (Å²) >= 11 is 0. The first kappa shape index (κ1) is 52.0. The minimum Gasteiger partial charge on any atom is -0.459 e. The van der Waals surface area contributed by atoms with Gasteiger partial charge in [-0.25, -0.2) is 4.79 Å². The average Bonchev–Trinajstić information content (AvgIpc) is 3.34. The Labute approximate surface area is 387 Å². The fourth-order valence-electron chi connectivity index (χ4n) is 10.6. The molecule has 4 fully saturated rings. The number of aliphatic hydroxyl groups excluding tert-OH is 2. The lowest BCUT2D eigenvalue weighted by molar-refractivity contribution is -0.327. The van der Waals surface area contributed by atoms with E-state index >= 15 is 0 Å². The number of nitrogens with one attached hydrogen (secondary N) is 1. The van der Waals surface area contributed by atoms with E-state index in [1.807, 2.05) is 46.7 Å². The minimum absolute atomic E-state index is 0.145. The van der Waals surface area contributed by atoms with E-state index in [0.29, 0.717) is 24.9 Å². The number of benzene rings is 2. The highest BCUT2D eigenvalue weighted by atomic mass is 19.4. The van der Waals surface area contributed by atoms with Crippen LogP contribution in [0.2, 0.25) is 0 Å². The van der Waals surface area contributed by atoms with E-state index in [1.54, 1.807) is 56.0 Å². The molecule has 14 atom stereocenters. The molecule has 0 aromatic heterocycles. The molecule has 14 nitrogen and oxygen atoms in total. The van der Waals surface area contributed by atoms with Crippen LogP contribution in [0.5, 0.6) is 0 Å². The molecule has 4 saturated heterocycles. The summed E-state index contributed by atoms with van der Waals surface area (Å²) in [5, 5.41) is 38.3. The van der Waals surface area contributed by atoms with Crippen LogP contribution in [-0.4, -0.2) is 138 Å². The highest BCUT2D eigenvalue weighted by Crippen LogP contribution is 2.48. The number of hydrogen-bond acceptors (Lipinski definition) is 14. The number of alkyl halides is 3. The maximum absolute atomic E-state index is 14.7. The van der Waals surface area contributed by atoms with Gasteiger partial charge in [0.15, 0.2) is 12.1 Å². The number of halogens is 3. The third-order valence-corrected chi connectivity index (χ3v) is 14.3. The molecule has 0 aliphatic carbocycles. The molecule has 66 heavy (non-hydrogen) atoms. The molecule has 4 aliphatic heterocycles. The Balaban J connectivity index is 1.36. The molecule has 1 spiro atoms. The highest BCUT2D eigenvalue weighted by Gasteiger charge is 2.58. The molecule has 1 unspecified atom stereocenters. The number of fused-ring (bicyclic) bond motifs is 3. The van der Waals surface area contributed by atoms with Crippen LogP contribution in [0, 0.1) is 17.8 Å². The Morgan fingerprint density at radius 2 is 1.68 bits per heavy atom. The van der Waals surface area contributed by atoms with Crippen LogP contribution >= 0.6 is 0 Å². The topological polar surface area (TPSA) is 169 Å². The second-order valence-electron chi connectivity index (χ2n) is 20.0. The van der Waals surface area contributed by atoms with Gasteiger partial charge in [0.1, 0.15) is 30.5 Å². The zero-order valence-electron chi connectivity index (χ0n) is 40.0. The lowest BCUT2D eigenvalue weighted by atomic mass is 9.78. The molecule has 4 aliphatic rings. The van der Waals surface area contributed by atoms with Crippen LogP contribution < -0.4 is 10.2 Å². The van der Waals surface area contributed by atoms with Gasteiger partial charge in [-0.3, -0.25) is 4.79 Å². The Morgan fingerprint density at radius 3 is 2.30 bits per heavy atom. The van der Waals surface area contributed by atoms with Crippen molar-refractivity contribution in [3.8, 4) is 0 Å². The van der Waals surface area contributed by atoms with Gasteiger partial charge in [-0.15, -0.1) is 0 Å². The maximum Gasteiger partial charge on any atom is 0.417 e. The normalized spacial score (nSPS) is 37.2. The number of nitrogens with zero attached hydrogens (tertiary/aromatic N) is 2. The first-order valence-electron chi connectivity index (χ1n) is 23.4. The molecule has 6 rings (SSSR count). The van der Waals surface area contributed by atoms with E-state index in [9.17, 15) is 38.1 Å². The highest BCUT2D eigenvalue weighted by molar-refractivity contribution is 5.92. The van der Waals surface area contributed by atoms with Crippen LogP contribution in [0.15, 0.2) is 48.5 Å². The summed E-state index contributed by atoms with van der Waals surface area (Å²) in [4.78, 5) is 31.2. The van der Waals surface area contributed by atoms with Gasteiger partial charge in [0.05, 0.1) is 41.0 Å². The molecule has 2 aromatic rings. The third kappa shape index (κ3) is 11.4. The van der Waals surface area contributed by atoms with Crippen molar-refractivity contribution >= 4 is 17.6 Å². The number of ether oxygens (including phenoxy) is 6. The van der Waals surface area contributed by atoms with Crippen LogP contribution in [0.3, 0.4) is 0 Å². The van der Waals surface area contributed by atoms with E-state index in [2.05, 4.69) is 5.32 Å². The molecule has 17 heteroatoms. The number of esters is 2. The monoisotopic (exact) mass is 936 g/mol. The number of rotatable bonds is 8. The van der Waals surface area contributed by atoms with Gasteiger partial charge in [-0.1, -0.05) is 51.1 Å². The lowest BCUT2D eigenvalue weighted by Crippen LogP contribution is -2.60. The van der Waals surface area contributed by atoms with Crippen molar-refractivity contribution in [2.45, 2.75) is 172 Å². The van der Waals surface area contributed by atoms with Gasteiger partial charge >= 0.3 is 18.1 Å². The second-order valence-corrected chi connectivity index (χ2v) is 20.0. The third-order valence-electron chi connectivity index (χ3n) is 14.3. The van der Waals surface area contributed by atoms with E-state index in [4.69, 9.17) is 28.4 Å². The molecule has 0 amide bonds. The fourth-order valence-corrected chi connectivity index (χ4v) is 10.6. The van der Waals surface area contributed by atoms with Crippen molar-refractivity contribution in [3.05, 3.63) is 65.2 Å². The van der Waals surface area contributed by atoms with Gasteiger partial charge in [0, 0.05) is 49.6 Å². The molecule has 0 saturated carbocycles. The molecule has 0 radical (unpaired) electrons. The van der Waals surface area contributed by atoms with E-state index in [-0.39, 0.29) is 62.7 Å². The van der Waals surface area contributed by atoms with Crippen LogP contribution in [0.4, 0.5) is 18.9 Å². The zero-order valence-corrected chi connectivity index (χ0v) is 40.0. The van der Waals surface area contributed by atoms with Crippen molar-refractivity contribution in [1.82, 2.24) is 10.2 Å². The molecule has 4 N–H and O–H groups in total. The first-order chi connectivity index (χ1) is 30.9. The van der Waals surface area contributed by atoms with Crippen molar-refractivity contribution in [2.24, 2.45) is 17.8 Å². The number of carbonyl (C=O) groups is 2. The molecular weight excluding hydrogens is 864 g/mol. The van der Waals surface area contributed by atoms with Gasteiger partial charge < -0.3 is 58.9 Å². The largest absolute Gasteiger partial charge is 0.459 e. The average molecular weight is 936 g/mol. The van der Waals surface area contributed by atoms with Crippen molar-refractivity contribution in [1.29, 1.82) is 0 Å². The van der Waals surface area contributed by atoms with Crippen LogP contribution in [-0.2, 0) is 46.0 Å². The van der Waals surface area contributed by atoms with Crippen LogP contribution in [0.1, 0.15) is 109 Å². The van der Waals surface area contributed by atoms with Crippen molar-refractivity contribution < 1.29 is 66.5 Å². The number of hydrogen-bond donors (Lipinski definition) is 4. The first-order valence-corrected chi connectivity index (χ1v) is 23.4. The minimum atomic E-state index is -4.86. The Morgan fingerprint density at radius 1 is 1.02 bits per heavy atom. The number of aliphatic hydroxyl groups is 3. The van der Waals surface area contributed by atoms with Crippen molar-refractivity contribution in [3.63, 3.8) is 0 Å². The predicted octanol–water partition coefficient (Wildman–Crippen LogP) is 6.07. The van der Waals surface area contributed by atoms with Crippen LogP contribution in [0.25, 0.3) is 0 Å². The van der Waals surface area contributed by atoms with Gasteiger partial charge in [-0.05, 0) is 104 Å². The zero-order chi connectivity index (χ0) is 48.5. The molecule has 4 heterocycles. The molecule has 370 valence electrons. The summed E-state index contributed by atoms with van der Waals surface area (Å²) in [6.07, 6.45) is -10.00. The molecular formula is C49H72F3N3O11. The summed E-state index contributed by atoms with van der Waals surface area (Å²) in [5.74, 6) is -4.90. The quantitative estimate of drug-likeness (QED) is 0.225. The SMILES string of the molecule is CC[C@H]1OC(=O)[C@H](C)[C@H]2OC3(CCN(c4ccc(C(=O)OCc5ccccc5)c(C(F)(F)F)c4)CC3)O[C@](C)(C[C@@H](C)CN[C@H](C)[C@@H](O)[C@]1(C)O)[C@H](O[C@@H]1O[C@H](C)CC(N(C)C)[C@H]1O)[C@H]2C. The number of carbonyl (C=O) groups excluding carboxylic acids is 2. The fraction of sp³-hybridized carbons (Fsp3) is 0.714. The van der Waals surface area contributed by atoms with E-state index < -0.39 is 101 Å². The maximum atomic E-state index is 14.7. The second kappa shape index (κ2) is 20.7. The summed E-state index contributed by atoms with van der Waals surface area (Å²) in [6.45, 7) is 15.0. The summed E-state index contributed by atoms with van der Waals surface area (Å²) in [6, 6.07) is 11.4. The predicted molar refractivity (Wildman–Crippen MR) is 239 cm³/mol. The smallest absolute Gasteiger partial charge is 0.417 e. The number of likely N-dealkylation sites (N-methyl/N-ethyl adjacent to an activating group) is 1. The van der Waals surface area contributed by atoms with E-state index in [0.717, 1.165) is 12.1 Å². The van der Waals surface area contributed by atoms with Gasteiger partial charge in [0.25, 0.3) is 0 Å². The Kier molecular flexibility index (Phi) is 16.3. The van der Waals surface area contributed by atoms with Gasteiger partial charge in [0.2, 0.25) is 0 Å². The lowest BCUT2D eigenvalue weighted by Gasteiger charge is -2.49. The summed E-state index contributed by atoms with van der Waals surface area (Å²) < 4.78 is 83.1. The number of cyclic esters (lactones) is 1.